The van der Waals surface area contributed by atoms with Gasteiger partial charge in [-0.05, 0) is 18.6 Å². The molecule has 1 aromatic rings. The molecular formula is C10H13BrN2O. The van der Waals surface area contributed by atoms with Gasteiger partial charge in [-0.1, -0.05) is 22.0 Å². The van der Waals surface area contributed by atoms with Gasteiger partial charge in [-0.15, -0.1) is 0 Å². The van der Waals surface area contributed by atoms with Crippen LogP contribution in [0.15, 0.2) is 24.5 Å². The molecule has 0 fully saturated rings. The molecule has 0 saturated heterocycles. The average Bonchev–Trinajstić information content (AvgIpc) is 2.19. The molecule has 3 nitrogen and oxygen atoms in total. The summed E-state index contributed by atoms with van der Waals surface area (Å²) < 4.78 is 0. The predicted molar refractivity (Wildman–Crippen MR) is 59.2 cm³/mol. The van der Waals surface area contributed by atoms with Gasteiger partial charge in [-0.25, -0.2) is 0 Å². The van der Waals surface area contributed by atoms with E-state index in [1.54, 1.807) is 12.4 Å². The first-order valence-electron chi connectivity index (χ1n) is 4.49. The van der Waals surface area contributed by atoms with E-state index in [0.29, 0.717) is 11.8 Å². The smallest absolute Gasteiger partial charge is 0.221 e. The van der Waals surface area contributed by atoms with E-state index in [0.717, 1.165) is 5.56 Å². The summed E-state index contributed by atoms with van der Waals surface area (Å²) >= 11 is 3.22. The van der Waals surface area contributed by atoms with Crippen molar-refractivity contribution in [3.63, 3.8) is 0 Å². The molecule has 0 bridgehead atoms. The highest BCUT2D eigenvalue weighted by atomic mass is 79.9. The zero-order valence-corrected chi connectivity index (χ0v) is 9.62. The fraction of sp³-hybridized carbons (Fsp3) is 0.400. The third kappa shape index (κ3) is 3.46. The SMILES string of the molecule is C[C@H](NC(=O)CCBr)c1cccnc1. The predicted octanol–water partition coefficient (Wildman–Crippen LogP) is 2.04. The molecule has 1 amide bonds. The lowest BCUT2D eigenvalue weighted by Crippen LogP contribution is -2.26. The molecule has 0 aliphatic carbocycles. The van der Waals surface area contributed by atoms with E-state index >= 15 is 0 Å². The zero-order valence-electron chi connectivity index (χ0n) is 8.03. The van der Waals surface area contributed by atoms with Crippen molar-refractivity contribution in [3.8, 4) is 0 Å². The summed E-state index contributed by atoms with van der Waals surface area (Å²) in [6.07, 6.45) is 3.99. The molecule has 1 aromatic heterocycles. The van der Waals surface area contributed by atoms with Crippen LogP contribution in [0.1, 0.15) is 24.9 Å². The lowest BCUT2D eigenvalue weighted by atomic mass is 10.1. The summed E-state index contributed by atoms with van der Waals surface area (Å²) in [5, 5.41) is 3.58. The fourth-order valence-corrected chi connectivity index (χ4v) is 1.48. The van der Waals surface area contributed by atoms with Gasteiger partial charge in [0.25, 0.3) is 0 Å². The summed E-state index contributed by atoms with van der Waals surface area (Å²) in [7, 11) is 0. The maximum absolute atomic E-state index is 11.3. The minimum Gasteiger partial charge on any atom is -0.350 e. The Hall–Kier alpha value is -0.900. The maximum Gasteiger partial charge on any atom is 0.221 e. The highest BCUT2D eigenvalue weighted by Gasteiger charge is 2.07. The van der Waals surface area contributed by atoms with Crippen molar-refractivity contribution in [1.82, 2.24) is 10.3 Å². The van der Waals surface area contributed by atoms with Crippen molar-refractivity contribution >= 4 is 21.8 Å². The van der Waals surface area contributed by atoms with Gasteiger partial charge in [0, 0.05) is 24.1 Å². The molecule has 1 rings (SSSR count). The number of carbonyl (C=O) groups excluding carboxylic acids is 1. The number of nitrogens with zero attached hydrogens (tertiary/aromatic N) is 1. The molecule has 0 aromatic carbocycles. The first-order valence-corrected chi connectivity index (χ1v) is 5.61. The van der Waals surface area contributed by atoms with Crippen LogP contribution < -0.4 is 5.32 Å². The number of carbonyl (C=O) groups is 1. The van der Waals surface area contributed by atoms with Gasteiger partial charge in [-0.2, -0.15) is 0 Å². The molecule has 0 saturated carbocycles. The van der Waals surface area contributed by atoms with Crippen molar-refractivity contribution in [2.45, 2.75) is 19.4 Å². The number of pyridine rings is 1. The Labute approximate surface area is 92.1 Å². The van der Waals surface area contributed by atoms with Gasteiger partial charge < -0.3 is 5.32 Å². The van der Waals surface area contributed by atoms with Crippen LogP contribution in [-0.2, 0) is 4.79 Å². The molecule has 1 heterocycles. The van der Waals surface area contributed by atoms with Gasteiger partial charge in [0.2, 0.25) is 5.91 Å². The van der Waals surface area contributed by atoms with E-state index in [2.05, 4.69) is 26.2 Å². The third-order valence-electron chi connectivity index (χ3n) is 1.88. The quantitative estimate of drug-likeness (QED) is 0.839. The lowest BCUT2D eigenvalue weighted by Gasteiger charge is -2.12. The zero-order chi connectivity index (χ0) is 10.4. The summed E-state index contributed by atoms with van der Waals surface area (Å²) in [5.74, 6) is 0.0539. The largest absolute Gasteiger partial charge is 0.350 e. The van der Waals surface area contributed by atoms with Crippen molar-refractivity contribution in [2.24, 2.45) is 0 Å². The average molecular weight is 257 g/mol. The second-order valence-electron chi connectivity index (χ2n) is 3.01. The first-order chi connectivity index (χ1) is 6.74. The van der Waals surface area contributed by atoms with E-state index in [1.807, 2.05) is 19.1 Å². The molecule has 0 radical (unpaired) electrons. The molecular weight excluding hydrogens is 244 g/mol. The molecule has 14 heavy (non-hydrogen) atoms. The van der Waals surface area contributed by atoms with E-state index in [1.165, 1.54) is 0 Å². The Bertz CT molecular complexity index is 289. The second-order valence-corrected chi connectivity index (χ2v) is 3.81. The number of alkyl halides is 1. The van der Waals surface area contributed by atoms with Crippen LogP contribution in [0.4, 0.5) is 0 Å². The van der Waals surface area contributed by atoms with E-state index in [9.17, 15) is 4.79 Å². The second kappa shape index (κ2) is 5.75. The Balaban J connectivity index is 2.50. The maximum atomic E-state index is 11.3. The number of amides is 1. The van der Waals surface area contributed by atoms with Gasteiger partial charge in [-0.3, -0.25) is 9.78 Å². The molecule has 76 valence electrons. The Morgan fingerprint density at radius 2 is 2.50 bits per heavy atom. The number of aromatic nitrogens is 1. The van der Waals surface area contributed by atoms with Crippen LogP contribution in [0.2, 0.25) is 0 Å². The number of hydrogen-bond donors (Lipinski definition) is 1. The highest BCUT2D eigenvalue weighted by molar-refractivity contribution is 9.09. The van der Waals surface area contributed by atoms with Crippen LogP contribution in [0, 0.1) is 0 Å². The van der Waals surface area contributed by atoms with Crippen LogP contribution in [0.3, 0.4) is 0 Å². The van der Waals surface area contributed by atoms with Gasteiger partial charge in [0.15, 0.2) is 0 Å². The summed E-state index contributed by atoms with van der Waals surface area (Å²) in [6, 6.07) is 3.84. The normalized spacial score (nSPS) is 12.1. The molecule has 0 spiro atoms. The monoisotopic (exact) mass is 256 g/mol. The van der Waals surface area contributed by atoms with Crippen molar-refractivity contribution in [1.29, 1.82) is 0 Å². The first kappa shape index (κ1) is 11.2. The summed E-state index contributed by atoms with van der Waals surface area (Å²) in [5.41, 5.74) is 1.02. The Morgan fingerprint density at radius 1 is 1.71 bits per heavy atom. The minimum absolute atomic E-state index is 0.0234. The van der Waals surface area contributed by atoms with E-state index < -0.39 is 0 Å². The highest BCUT2D eigenvalue weighted by Crippen LogP contribution is 2.09. The number of hydrogen-bond acceptors (Lipinski definition) is 2. The Kier molecular flexibility index (Phi) is 4.59. The van der Waals surface area contributed by atoms with E-state index in [-0.39, 0.29) is 11.9 Å². The van der Waals surface area contributed by atoms with Gasteiger partial charge in [0.1, 0.15) is 0 Å². The topological polar surface area (TPSA) is 42.0 Å². The molecule has 0 unspecified atom stereocenters. The van der Waals surface area contributed by atoms with Crippen LogP contribution in [0.25, 0.3) is 0 Å². The van der Waals surface area contributed by atoms with Crippen LogP contribution in [0.5, 0.6) is 0 Å². The number of nitrogens with one attached hydrogen (secondary N) is 1. The number of halogens is 1. The van der Waals surface area contributed by atoms with Gasteiger partial charge >= 0.3 is 0 Å². The molecule has 0 aliphatic rings. The van der Waals surface area contributed by atoms with Crippen LogP contribution in [-0.4, -0.2) is 16.2 Å². The lowest BCUT2D eigenvalue weighted by molar-refractivity contribution is -0.121. The third-order valence-corrected chi connectivity index (χ3v) is 2.28. The van der Waals surface area contributed by atoms with Crippen molar-refractivity contribution < 1.29 is 4.79 Å². The van der Waals surface area contributed by atoms with E-state index in [4.69, 9.17) is 0 Å². The number of rotatable bonds is 4. The van der Waals surface area contributed by atoms with Crippen molar-refractivity contribution in [3.05, 3.63) is 30.1 Å². The summed E-state index contributed by atoms with van der Waals surface area (Å²) in [4.78, 5) is 15.3. The van der Waals surface area contributed by atoms with Crippen molar-refractivity contribution in [2.75, 3.05) is 5.33 Å². The molecule has 0 aliphatic heterocycles. The Morgan fingerprint density at radius 3 is 3.07 bits per heavy atom. The standard InChI is InChI=1S/C10H13BrN2O/c1-8(13-10(14)4-5-11)9-3-2-6-12-7-9/h2-3,6-8H,4-5H2,1H3,(H,13,14)/t8-/m0/s1. The molecule has 1 atom stereocenters. The summed E-state index contributed by atoms with van der Waals surface area (Å²) in [6.45, 7) is 1.95. The minimum atomic E-state index is 0.0234. The molecule has 1 N–H and O–H groups in total. The molecule has 4 heteroatoms. The van der Waals surface area contributed by atoms with Crippen LogP contribution >= 0.6 is 15.9 Å². The fourth-order valence-electron chi connectivity index (χ4n) is 1.11. The van der Waals surface area contributed by atoms with Gasteiger partial charge in [0.05, 0.1) is 6.04 Å².